The fraction of sp³-hybridized carbons (Fsp3) is 0.0417. The maximum absolute atomic E-state index is 6.15. The highest BCUT2D eigenvalue weighted by atomic mass is 32.1. The van der Waals surface area contributed by atoms with Gasteiger partial charge in [0.2, 0.25) is 5.71 Å². The lowest BCUT2D eigenvalue weighted by molar-refractivity contribution is 0.653. The normalized spacial score (nSPS) is 11.6. The highest BCUT2D eigenvalue weighted by molar-refractivity contribution is 7.21. The first-order valence-corrected chi connectivity index (χ1v) is 10.2. The van der Waals surface area contributed by atoms with Crippen molar-refractivity contribution in [3.8, 4) is 22.0 Å². The lowest BCUT2D eigenvalue weighted by Gasteiger charge is -2.03. The molecule has 5 heteroatoms. The lowest BCUT2D eigenvalue weighted by atomic mass is 10.1. The fourth-order valence-corrected chi connectivity index (χ4v) is 4.59. The highest BCUT2D eigenvalue weighted by Gasteiger charge is 2.15. The molecule has 0 aliphatic heterocycles. The van der Waals surface area contributed by atoms with Crippen LogP contribution in [0.5, 0.6) is 0 Å². The van der Waals surface area contributed by atoms with Crippen LogP contribution in [0.1, 0.15) is 5.69 Å². The van der Waals surface area contributed by atoms with E-state index in [4.69, 9.17) is 14.4 Å². The number of benzene rings is 2. The van der Waals surface area contributed by atoms with Crippen molar-refractivity contribution in [1.82, 2.24) is 15.0 Å². The summed E-state index contributed by atoms with van der Waals surface area (Å²) in [6.45, 7) is 1.97. The Labute approximate surface area is 170 Å². The SMILES string of the molecule is Cc1ccc2c(n1)oc1c(-c3cccc(-c4nc5ccccc5s4)n3)cccc12. The Kier molecular flexibility index (Phi) is 3.52. The molecule has 2 aromatic carbocycles. The average molecular weight is 393 g/mol. The van der Waals surface area contributed by atoms with Crippen LogP contribution in [0.3, 0.4) is 0 Å². The molecule has 0 atom stereocenters. The molecule has 0 aliphatic carbocycles. The Morgan fingerprint density at radius 3 is 2.52 bits per heavy atom. The number of pyridine rings is 2. The van der Waals surface area contributed by atoms with E-state index in [9.17, 15) is 0 Å². The smallest absolute Gasteiger partial charge is 0.227 e. The Hall–Kier alpha value is -3.57. The molecule has 138 valence electrons. The third-order valence-corrected chi connectivity index (χ3v) is 6.10. The van der Waals surface area contributed by atoms with Gasteiger partial charge in [0.25, 0.3) is 0 Å². The number of fused-ring (bicyclic) bond motifs is 4. The molecule has 4 nitrogen and oxygen atoms in total. The van der Waals surface area contributed by atoms with Crippen molar-refractivity contribution in [2.75, 3.05) is 0 Å². The molecule has 4 aromatic heterocycles. The first-order chi connectivity index (χ1) is 14.3. The van der Waals surface area contributed by atoms with Crippen molar-refractivity contribution in [3.05, 3.63) is 78.5 Å². The molecule has 0 unspecified atom stereocenters. The van der Waals surface area contributed by atoms with Crippen LogP contribution in [0.25, 0.3) is 54.2 Å². The van der Waals surface area contributed by atoms with E-state index in [0.717, 1.165) is 54.2 Å². The number of thiazole rings is 1. The molecule has 0 radical (unpaired) electrons. The highest BCUT2D eigenvalue weighted by Crippen LogP contribution is 2.36. The second-order valence-electron chi connectivity index (χ2n) is 6.98. The Bertz CT molecular complexity index is 1500. The number of rotatable bonds is 2. The summed E-state index contributed by atoms with van der Waals surface area (Å²) in [5.41, 5.74) is 6.11. The minimum atomic E-state index is 0.662. The Balaban J connectivity index is 1.54. The van der Waals surface area contributed by atoms with Crippen LogP contribution in [0, 0.1) is 6.92 Å². The summed E-state index contributed by atoms with van der Waals surface area (Å²) in [4.78, 5) is 14.2. The first kappa shape index (κ1) is 16.4. The predicted molar refractivity (Wildman–Crippen MR) is 118 cm³/mol. The quantitative estimate of drug-likeness (QED) is 0.331. The summed E-state index contributed by atoms with van der Waals surface area (Å²) >= 11 is 1.66. The van der Waals surface area contributed by atoms with Gasteiger partial charge in [-0.1, -0.05) is 30.3 Å². The van der Waals surface area contributed by atoms with E-state index in [0.29, 0.717) is 5.71 Å². The van der Waals surface area contributed by atoms with Gasteiger partial charge in [-0.15, -0.1) is 11.3 Å². The minimum Gasteiger partial charge on any atom is -0.437 e. The molecule has 0 saturated carbocycles. The Morgan fingerprint density at radius 1 is 0.724 bits per heavy atom. The maximum atomic E-state index is 6.15. The molecule has 0 bridgehead atoms. The number of hydrogen-bond donors (Lipinski definition) is 0. The molecule has 0 fully saturated rings. The van der Waals surface area contributed by atoms with Gasteiger partial charge in [0.15, 0.2) is 0 Å². The van der Waals surface area contributed by atoms with Gasteiger partial charge in [-0.3, -0.25) is 0 Å². The molecule has 0 N–H and O–H groups in total. The van der Waals surface area contributed by atoms with Gasteiger partial charge in [-0.2, -0.15) is 0 Å². The van der Waals surface area contributed by atoms with Crippen molar-refractivity contribution < 1.29 is 4.42 Å². The van der Waals surface area contributed by atoms with E-state index < -0.39 is 0 Å². The van der Waals surface area contributed by atoms with Gasteiger partial charge in [0, 0.05) is 22.0 Å². The number of nitrogens with zero attached hydrogens (tertiary/aromatic N) is 3. The van der Waals surface area contributed by atoms with Gasteiger partial charge >= 0.3 is 0 Å². The van der Waals surface area contributed by atoms with Crippen LogP contribution in [0.2, 0.25) is 0 Å². The van der Waals surface area contributed by atoms with Gasteiger partial charge in [-0.25, -0.2) is 15.0 Å². The van der Waals surface area contributed by atoms with E-state index in [-0.39, 0.29) is 0 Å². The number of hydrogen-bond acceptors (Lipinski definition) is 5. The Morgan fingerprint density at radius 2 is 1.59 bits per heavy atom. The van der Waals surface area contributed by atoms with Crippen molar-refractivity contribution in [1.29, 1.82) is 0 Å². The van der Waals surface area contributed by atoms with Crippen molar-refractivity contribution >= 4 is 43.6 Å². The van der Waals surface area contributed by atoms with Crippen LogP contribution in [0.4, 0.5) is 0 Å². The summed E-state index contributed by atoms with van der Waals surface area (Å²) in [7, 11) is 0. The predicted octanol–water partition coefficient (Wildman–Crippen LogP) is 6.63. The summed E-state index contributed by atoms with van der Waals surface area (Å²) in [6, 6.07) is 24.4. The van der Waals surface area contributed by atoms with E-state index in [2.05, 4.69) is 23.2 Å². The van der Waals surface area contributed by atoms with Gasteiger partial charge in [0.1, 0.15) is 10.6 Å². The topological polar surface area (TPSA) is 51.8 Å². The molecule has 0 saturated heterocycles. The van der Waals surface area contributed by atoms with Gasteiger partial charge in [0.05, 0.1) is 21.6 Å². The van der Waals surface area contributed by atoms with Crippen molar-refractivity contribution in [2.24, 2.45) is 0 Å². The summed E-state index contributed by atoms with van der Waals surface area (Å²) in [5, 5.41) is 2.99. The zero-order chi connectivity index (χ0) is 19.4. The summed E-state index contributed by atoms with van der Waals surface area (Å²) < 4.78 is 7.31. The van der Waals surface area contributed by atoms with E-state index in [1.165, 1.54) is 0 Å². The third-order valence-electron chi connectivity index (χ3n) is 5.04. The standard InChI is InChI=1S/C24H15N3OS/c1-14-12-13-16-15-6-4-7-17(22(15)28-23(16)25-14)18-9-5-10-20(26-18)24-27-19-8-2-3-11-21(19)29-24/h2-13H,1H3. The molecular weight excluding hydrogens is 378 g/mol. The molecule has 0 spiro atoms. The number of aromatic nitrogens is 3. The van der Waals surface area contributed by atoms with E-state index in [1.54, 1.807) is 11.3 Å². The zero-order valence-electron chi connectivity index (χ0n) is 15.6. The molecule has 0 amide bonds. The largest absolute Gasteiger partial charge is 0.437 e. The molecular formula is C24H15N3OS. The summed E-state index contributed by atoms with van der Waals surface area (Å²) in [6.07, 6.45) is 0. The zero-order valence-corrected chi connectivity index (χ0v) is 16.4. The molecule has 29 heavy (non-hydrogen) atoms. The molecule has 4 heterocycles. The molecule has 6 aromatic rings. The number of aryl methyl sites for hydroxylation is 1. The minimum absolute atomic E-state index is 0.662. The van der Waals surface area contributed by atoms with Gasteiger partial charge < -0.3 is 4.42 Å². The fourth-order valence-electron chi connectivity index (χ4n) is 3.66. The van der Waals surface area contributed by atoms with Crippen molar-refractivity contribution in [2.45, 2.75) is 6.92 Å². The monoisotopic (exact) mass is 393 g/mol. The second-order valence-corrected chi connectivity index (χ2v) is 8.02. The number of furan rings is 1. The maximum Gasteiger partial charge on any atom is 0.227 e. The first-order valence-electron chi connectivity index (χ1n) is 9.38. The van der Waals surface area contributed by atoms with Gasteiger partial charge in [-0.05, 0) is 49.4 Å². The lowest BCUT2D eigenvalue weighted by Crippen LogP contribution is -1.87. The van der Waals surface area contributed by atoms with Crippen LogP contribution in [-0.4, -0.2) is 15.0 Å². The van der Waals surface area contributed by atoms with Crippen LogP contribution in [-0.2, 0) is 0 Å². The van der Waals surface area contributed by atoms with Crippen LogP contribution < -0.4 is 0 Å². The second kappa shape index (κ2) is 6.22. The summed E-state index contributed by atoms with van der Waals surface area (Å²) in [5.74, 6) is 0. The molecule has 0 aliphatic rings. The van der Waals surface area contributed by atoms with Crippen LogP contribution in [0.15, 0.2) is 77.2 Å². The third kappa shape index (κ3) is 2.62. The molecule has 6 rings (SSSR count). The number of para-hydroxylation sites is 2. The van der Waals surface area contributed by atoms with E-state index in [1.807, 2.05) is 61.5 Å². The average Bonchev–Trinajstić information content (AvgIpc) is 3.34. The van der Waals surface area contributed by atoms with Crippen LogP contribution >= 0.6 is 11.3 Å². The van der Waals surface area contributed by atoms with E-state index >= 15 is 0 Å². The van der Waals surface area contributed by atoms with Crippen molar-refractivity contribution in [3.63, 3.8) is 0 Å².